The molecule has 0 aliphatic carbocycles. The van der Waals surface area contributed by atoms with Crippen LogP contribution in [-0.2, 0) is 19.5 Å². The Morgan fingerprint density at radius 1 is 1.00 bits per heavy atom. The van der Waals surface area contributed by atoms with E-state index in [-0.39, 0.29) is 0 Å². The molecule has 0 bridgehead atoms. The quantitative estimate of drug-likeness (QED) is 0.708. The first kappa shape index (κ1) is 12.1. The molecule has 100 valence electrons. The lowest BCUT2D eigenvalue weighted by molar-refractivity contribution is 0.245. The van der Waals surface area contributed by atoms with Crippen molar-refractivity contribution < 1.29 is 0 Å². The van der Waals surface area contributed by atoms with E-state index in [9.17, 15) is 0 Å². The summed E-state index contributed by atoms with van der Waals surface area (Å²) in [4.78, 5) is 7.24. The molecule has 3 aromatic rings. The molecule has 0 unspecified atom stereocenters. The highest BCUT2D eigenvalue weighted by Crippen LogP contribution is 2.25. The fraction of sp³-hybridized carbons (Fsp3) is 0.235. The monoisotopic (exact) mass is 280 g/mol. The number of para-hydroxylation sites is 1. The molecule has 2 aromatic carbocycles. The van der Waals surface area contributed by atoms with Crippen LogP contribution in [0, 0.1) is 0 Å². The lowest BCUT2D eigenvalue weighted by Crippen LogP contribution is -2.29. The zero-order chi connectivity index (χ0) is 13.4. The normalized spacial score (nSPS) is 15.4. The van der Waals surface area contributed by atoms with Gasteiger partial charge in [0, 0.05) is 13.1 Å². The smallest absolute Gasteiger partial charge is 0.108 e. The zero-order valence-electron chi connectivity index (χ0n) is 11.2. The van der Waals surface area contributed by atoms with E-state index in [0.29, 0.717) is 0 Å². The van der Waals surface area contributed by atoms with Gasteiger partial charge in [-0.2, -0.15) is 0 Å². The summed E-state index contributed by atoms with van der Waals surface area (Å²) in [7, 11) is 0. The second-order valence-corrected chi connectivity index (χ2v) is 6.42. The van der Waals surface area contributed by atoms with E-state index in [1.807, 2.05) is 11.3 Å². The molecular weight excluding hydrogens is 264 g/mol. The van der Waals surface area contributed by atoms with Gasteiger partial charge in [0.25, 0.3) is 0 Å². The van der Waals surface area contributed by atoms with Crippen molar-refractivity contribution in [3.8, 4) is 0 Å². The third-order valence-electron chi connectivity index (χ3n) is 3.91. The van der Waals surface area contributed by atoms with Gasteiger partial charge in [-0.3, -0.25) is 4.90 Å². The van der Waals surface area contributed by atoms with Crippen LogP contribution in [0.25, 0.3) is 10.2 Å². The van der Waals surface area contributed by atoms with E-state index in [2.05, 4.69) is 53.4 Å². The molecule has 3 heteroatoms. The van der Waals surface area contributed by atoms with E-state index in [1.54, 1.807) is 0 Å². The second-order valence-electron chi connectivity index (χ2n) is 5.30. The molecule has 0 fully saturated rings. The van der Waals surface area contributed by atoms with Crippen LogP contribution in [0.4, 0.5) is 0 Å². The molecule has 0 saturated carbocycles. The summed E-state index contributed by atoms with van der Waals surface area (Å²) in [5.41, 5.74) is 4.11. The summed E-state index contributed by atoms with van der Waals surface area (Å²) in [6.45, 7) is 3.15. The minimum Gasteiger partial charge on any atom is -0.292 e. The number of nitrogens with zero attached hydrogens (tertiary/aromatic N) is 2. The third-order valence-corrected chi connectivity index (χ3v) is 4.93. The van der Waals surface area contributed by atoms with E-state index in [4.69, 9.17) is 4.98 Å². The van der Waals surface area contributed by atoms with E-state index in [0.717, 1.165) is 31.6 Å². The molecule has 2 nitrogen and oxygen atoms in total. The van der Waals surface area contributed by atoms with E-state index < -0.39 is 0 Å². The highest BCUT2D eigenvalue weighted by Gasteiger charge is 2.17. The minimum absolute atomic E-state index is 0.966. The van der Waals surface area contributed by atoms with Gasteiger partial charge in [-0.15, -0.1) is 11.3 Å². The maximum Gasteiger partial charge on any atom is 0.108 e. The number of rotatable bonds is 2. The maximum atomic E-state index is 4.74. The molecule has 2 heterocycles. The van der Waals surface area contributed by atoms with Crippen LogP contribution in [-0.4, -0.2) is 16.4 Å². The minimum atomic E-state index is 0.966. The highest BCUT2D eigenvalue weighted by atomic mass is 32.1. The van der Waals surface area contributed by atoms with Crippen molar-refractivity contribution in [2.24, 2.45) is 0 Å². The van der Waals surface area contributed by atoms with Gasteiger partial charge >= 0.3 is 0 Å². The zero-order valence-corrected chi connectivity index (χ0v) is 12.1. The molecule has 1 aliphatic heterocycles. The third kappa shape index (κ3) is 2.23. The summed E-state index contributed by atoms with van der Waals surface area (Å²) in [6, 6.07) is 17.2. The van der Waals surface area contributed by atoms with Gasteiger partial charge in [0.2, 0.25) is 0 Å². The lowest BCUT2D eigenvalue weighted by atomic mass is 10.0. The van der Waals surface area contributed by atoms with Crippen molar-refractivity contribution in [1.29, 1.82) is 0 Å². The topological polar surface area (TPSA) is 16.1 Å². The Morgan fingerprint density at radius 3 is 2.70 bits per heavy atom. The van der Waals surface area contributed by atoms with Crippen LogP contribution in [0.5, 0.6) is 0 Å². The van der Waals surface area contributed by atoms with Gasteiger partial charge in [0.15, 0.2) is 0 Å². The van der Waals surface area contributed by atoms with Crippen molar-refractivity contribution in [2.75, 3.05) is 6.54 Å². The average Bonchev–Trinajstić information content (AvgIpc) is 2.89. The van der Waals surface area contributed by atoms with Gasteiger partial charge in [-0.05, 0) is 29.7 Å². The Bertz CT molecular complexity index is 714. The van der Waals surface area contributed by atoms with Gasteiger partial charge in [-0.25, -0.2) is 4.98 Å². The average molecular weight is 280 g/mol. The van der Waals surface area contributed by atoms with Crippen molar-refractivity contribution in [3.63, 3.8) is 0 Å². The molecule has 20 heavy (non-hydrogen) atoms. The summed E-state index contributed by atoms with van der Waals surface area (Å²) in [5, 5.41) is 1.23. The molecule has 0 spiro atoms. The Balaban J connectivity index is 1.55. The first-order chi connectivity index (χ1) is 9.88. The molecule has 4 rings (SSSR count). The van der Waals surface area contributed by atoms with Gasteiger partial charge in [-0.1, -0.05) is 36.4 Å². The summed E-state index contributed by atoms with van der Waals surface area (Å²) in [5.74, 6) is 0. The maximum absolute atomic E-state index is 4.74. The summed E-state index contributed by atoms with van der Waals surface area (Å²) in [6.07, 6.45) is 1.15. The highest BCUT2D eigenvalue weighted by molar-refractivity contribution is 7.18. The standard InChI is InChI=1S/C17H16N2S/c1-2-6-14-11-19(10-9-13(14)5-1)12-17-18-15-7-3-4-8-16(15)20-17/h1-8H,9-12H2. The van der Waals surface area contributed by atoms with Crippen LogP contribution in [0.3, 0.4) is 0 Å². The van der Waals surface area contributed by atoms with Crippen LogP contribution in [0.1, 0.15) is 16.1 Å². The van der Waals surface area contributed by atoms with Crippen molar-refractivity contribution in [1.82, 2.24) is 9.88 Å². The Kier molecular flexibility index (Phi) is 3.02. The largest absolute Gasteiger partial charge is 0.292 e. The number of fused-ring (bicyclic) bond motifs is 2. The number of benzene rings is 2. The Morgan fingerprint density at radius 2 is 1.80 bits per heavy atom. The molecule has 0 saturated heterocycles. The van der Waals surface area contributed by atoms with Crippen molar-refractivity contribution in [2.45, 2.75) is 19.5 Å². The van der Waals surface area contributed by atoms with E-state index >= 15 is 0 Å². The first-order valence-corrected chi connectivity index (χ1v) is 7.84. The van der Waals surface area contributed by atoms with Gasteiger partial charge < -0.3 is 0 Å². The number of thiazole rings is 1. The number of hydrogen-bond acceptors (Lipinski definition) is 3. The molecule has 1 aromatic heterocycles. The molecule has 0 N–H and O–H groups in total. The van der Waals surface area contributed by atoms with Gasteiger partial charge in [0.1, 0.15) is 5.01 Å². The van der Waals surface area contributed by atoms with Crippen LogP contribution < -0.4 is 0 Å². The molecule has 0 amide bonds. The molecule has 0 atom stereocenters. The number of aromatic nitrogens is 1. The van der Waals surface area contributed by atoms with Crippen molar-refractivity contribution in [3.05, 3.63) is 64.7 Å². The van der Waals surface area contributed by atoms with Crippen molar-refractivity contribution >= 4 is 21.6 Å². The van der Waals surface area contributed by atoms with Gasteiger partial charge in [0.05, 0.1) is 16.8 Å². The predicted molar refractivity (Wildman–Crippen MR) is 83.9 cm³/mol. The Labute approximate surface area is 122 Å². The predicted octanol–water partition coefficient (Wildman–Crippen LogP) is 3.85. The summed E-state index contributed by atoms with van der Waals surface area (Å²) >= 11 is 1.82. The van der Waals surface area contributed by atoms with E-state index in [1.165, 1.54) is 20.8 Å². The summed E-state index contributed by atoms with van der Waals surface area (Å²) < 4.78 is 1.29. The molecular formula is C17H16N2S. The molecule has 1 aliphatic rings. The van der Waals surface area contributed by atoms with Crippen LogP contribution in [0.2, 0.25) is 0 Å². The fourth-order valence-electron chi connectivity index (χ4n) is 2.87. The molecule has 0 radical (unpaired) electrons. The number of hydrogen-bond donors (Lipinski definition) is 0. The SMILES string of the molecule is c1ccc2c(c1)CCN(Cc1nc3ccccc3s1)C2. The second kappa shape index (κ2) is 5.00. The van der Waals surface area contributed by atoms with Crippen LogP contribution in [0.15, 0.2) is 48.5 Å². The lowest BCUT2D eigenvalue weighted by Gasteiger charge is -2.27. The fourth-order valence-corrected chi connectivity index (χ4v) is 3.88. The van der Waals surface area contributed by atoms with Crippen LogP contribution >= 0.6 is 11.3 Å². The Hall–Kier alpha value is -1.71. The first-order valence-electron chi connectivity index (χ1n) is 7.02.